The fourth-order valence-electron chi connectivity index (χ4n) is 11.4. The van der Waals surface area contributed by atoms with Gasteiger partial charge in [0.1, 0.15) is 0 Å². The molecule has 0 heterocycles. The average Bonchev–Trinajstić information content (AvgIpc) is 3.98. The van der Waals surface area contributed by atoms with E-state index in [1.54, 1.807) is 11.1 Å². The van der Waals surface area contributed by atoms with Crippen LogP contribution in [0.2, 0.25) is 52.4 Å². The molecule has 2 fully saturated rings. The second-order valence-electron chi connectivity index (χ2n) is 22.9. The maximum atomic E-state index is 4.93. The first-order chi connectivity index (χ1) is 32.6. The van der Waals surface area contributed by atoms with Gasteiger partial charge in [0, 0.05) is 9.52 Å². The number of fused-ring (bicyclic) bond motifs is 2. The van der Waals surface area contributed by atoms with E-state index in [0.29, 0.717) is 10.8 Å². The van der Waals surface area contributed by atoms with E-state index in [1.807, 2.05) is 0 Å². The summed E-state index contributed by atoms with van der Waals surface area (Å²) in [5, 5.41) is 8.78. The Morgan fingerprint density at radius 3 is 1.06 bits per heavy atom. The van der Waals surface area contributed by atoms with Crippen molar-refractivity contribution in [3.63, 3.8) is 0 Å². The van der Waals surface area contributed by atoms with Crippen LogP contribution in [-0.2, 0) is 33.7 Å². The summed E-state index contributed by atoms with van der Waals surface area (Å²) in [6.07, 6.45) is 28.0. The number of benzene rings is 4. The van der Waals surface area contributed by atoms with Gasteiger partial charge in [-0.2, -0.15) is 12.1 Å². The summed E-state index contributed by atoms with van der Waals surface area (Å²) in [5.74, 6) is 0. The Labute approximate surface area is 439 Å². The van der Waals surface area contributed by atoms with E-state index in [-0.39, 0.29) is 0 Å². The monoisotopic (exact) mass is 1080 g/mol. The van der Waals surface area contributed by atoms with Gasteiger partial charge in [-0.15, -0.1) is 69.1 Å². The molecule has 2 aliphatic rings. The fraction of sp³-hybridized carbons (Fsp3) is 0.516. The van der Waals surface area contributed by atoms with Crippen molar-refractivity contribution in [3.05, 3.63) is 120 Å². The molecule has 2 saturated carbocycles. The van der Waals surface area contributed by atoms with Gasteiger partial charge in [-0.3, -0.25) is 0 Å². The first-order valence-corrected chi connectivity index (χ1v) is 42.1. The first-order valence-electron chi connectivity index (χ1n) is 26.8. The molecule has 0 aliphatic heterocycles. The summed E-state index contributed by atoms with van der Waals surface area (Å²) in [6, 6.07) is 42.6. The van der Waals surface area contributed by atoms with Crippen LogP contribution in [0.1, 0.15) is 141 Å². The number of halogens is 2. The van der Waals surface area contributed by atoms with Crippen molar-refractivity contribution < 1.29 is 20.8 Å². The van der Waals surface area contributed by atoms with Crippen LogP contribution in [-0.4, -0.2) is 25.7 Å². The molecule has 0 unspecified atom stereocenters. The maximum absolute atomic E-state index is 4.93. The minimum absolute atomic E-state index is 0.508. The molecule has 0 atom stereocenters. The molecule has 0 saturated heterocycles. The molecule has 6 heteroatoms. The van der Waals surface area contributed by atoms with Gasteiger partial charge >= 0.3 is 37.9 Å². The van der Waals surface area contributed by atoms with Crippen LogP contribution in [0.5, 0.6) is 0 Å². The van der Waals surface area contributed by atoms with E-state index in [2.05, 4.69) is 175 Å². The standard InChI is InChI=1S/2C30H41Si.C2H6Si.2ClH.Zr/c2*1-5-30(19-10-8-6-7-9-11-20-30)23-24-21-26-13-12-14-28(29(26)22-24)25-15-17-27(18-16-25)31(2,3)4;1-3-2;;;/h2*12-18,21-22H,5-11,19-20,23H2,1-4H3;1-2H3;2*1H;/q2*-1;;;;+4/p-2. The molecule has 2 radical (unpaired) electrons. The Balaban J connectivity index is 0.000000228. The minimum atomic E-state index is -1.26. The average molecular weight is 1080 g/mol. The summed E-state index contributed by atoms with van der Waals surface area (Å²) < 4.78 is 0. The van der Waals surface area contributed by atoms with Crippen molar-refractivity contribution in [1.82, 2.24) is 0 Å². The molecule has 68 heavy (non-hydrogen) atoms. The van der Waals surface area contributed by atoms with Crippen molar-refractivity contribution in [2.24, 2.45) is 10.8 Å². The summed E-state index contributed by atoms with van der Waals surface area (Å²) in [6.45, 7) is 23.7. The second kappa shape index (κ2) is 27.9. The zero-order chi connectivity index (χ0) is 49.2. The van der Waals surface area contributed by atoms with Gasteiger partial charge in [-0.05, 0) is 60.5 Å². The zero-order valence-corrected chi connectivity index (χ0v) is 51.3. The molecule has 0 spiro atoms. The van der Waals surface area contributed by atoms with Crippen LogP contribution in [0.25, 0.3) is 43.8 Å². The molecule has 8 rings (SSSR count). The molecule has 6 aromatic carbocycles. The summed E-state index contributed by atoms with van der Waals surface area (Å²) in [4.78, 5) is 0. The van der Waals surface area contributed by atoms with Crippen LogP contribution in [0.4, 0.5) is 0 Å². The van der Waals surface area contributed by atoms with Crippen molar-refractivity contribution in [3.8, 4) is 22.3 Å². The van der Waals surface area contributed by atoms with Crippen molar-refractivity contribution in [1.29, 1.82) is 0 Å². The molecular formula is C62H88Cl2Si3Zr. The summed E-state index contributed by atoms with van der Waals surface area (Å²) in [7, 11) is 8.44. The molecular weight excluding hydrogens is 991 g/mol. The van der Waals surface area contributed by atoms with Crippen LogP contribution < -0.4 is 10.4 Å². The van der Waals surface area contributed by atoms with Crippen LogP contribution >= 0.6 is 17.0 Å². The van der Waals surface area contributed by atoms with Crippen LogP contribution in [0, 0.1) is 10.8 Å². The molecule has 0 nitrogen and oxygen atoms in total. The van der Waals surface area contributed by atoms with Crippen molar-refractivity contribution in [2.45, 2.75) is 195 Å². The van der Waals surface area contributed by atoms with Crippen molar-refractivity contribution in [2.75, 3.05) is 0 Å². The fourth-order valence-corrected chi connectivity index (χ4v) is 13.8. The van der Waals surface area contributed by atoms with Gasteiger partial charge in [-0.25, -0.2) is 0 Å². The van der Waals surface area contributed by atoms with Crippen LogP contribution in [0.3, 0.4) is 0 Å². The van der Waals surface area contributed by atoms with E-state index in [1.165, 1.54) is 183 Å². The van der Waals surface area contributed by atoms with E-state index >= 15 is 0 Å². The van der Waals surface area contributed by atoms with Crippen LogP contribution in [0.15, 0.2) is 109 Å². The van der Waals surface area contributed by atoms with E-state index in [4.69, 9.17) is 17.0 Å². The third kappa shape index (κ3) is 16.6. The Morgan fingerprint density at radius 1 is 0.485 bits per heavy atom. The third-order valence-electron chi connectivity index (χ3n) is 15.7. The molecule has 0 N–H and O–H groups in total. The van der Waals surface area contributed by atoms with E-state index in [0.717, 1.165) is 9.52 Å². The van der Waals surface area contributed by atoms with Gasteiger partial charge in [0.05, 0.1) is 16.1 Å². The molecule has 2 aliphatic carbocycles. The number of hydrogen-bond acceptors (Lipinski definition) is 0. The van der Waals surface area contributed by atoms with Gasteiger partial charge in [-0.1, -0.05) is 238 Å². The number of rotatable bonds is 10. The molecule has 6 aromatic rings. The predicted molar refractivity (Wildman–Crippen MR) is 312 cm³/mol. The quantitative estimate of drug-likeness (QED) is 0.0947. The predicted octanol–water partition coefficient (Wildman–Crippen LogP) is 19.9. The Kier molecular flexibility index (Phi) is 23.4. The van der Waals surface area contributed by atoms with Gasteiger partial charge < -0.3 is 0 Å². The normalized spacial score (nSPS) is 16.6. The summed E-state index contributed by atoms with van der Waals surface area (Å²) in [5.41, 5.74) is 9.64. The van der Waals surface area contributed by atoms with Crippen molar-refractivity contribution >= 4 is 74.6 Å². The van der Waals surface area contributed by atoms with Gasteiger partial charge in [0.2, 0.25) is 0 Å². The molecule has 366 valence electrons. The van der Waals surface area contributed by atoms with Gasteiger partial charge in [0.15, 0.2) is 0 Å². The van der Waals surface area contributed by atoms with Gasteiger partial charge in [0.25, 0.3) is 0 Å². The molecule has 0 amide bonds. The SMILES string of the molecule is CCC1(Cc2cc3c(-c4ccc([Si](C)(C)C)cc4)cccc3[cH-]2)CCCCCCCC1.CCC1(Cc2cc3c(-c4ccc([Si](C)(C)C)cc4)cccc3[cH-]2)CCCCCCCC1.C[Si]C.[Cl][Zr+2][Cl]. The Morgan fingerprint density at radius 2 is 0.779 bits per heavy atom. The molecule has 0 bridgehead atoms. The third-order valence-corrected chi connectivity index (χ3v) is 19.9. The first kappa shape index (κ1) is 57.1. The Hall–Kier alpha value is -1.79. The van der Waals surface area contributed by atoms with E-state index in [9.17, 15) is 0 Å². The summed E-state index contributed by atoms with van der Waals surface area (Å²) >= 11 is -0.826. The molecule has 0 aromatic heterocycles. The Bertz CT molecular complexity index is 2170. The zero-order valence-electron chi connectivity index (χ0n) is 44.3. The second-order valence-corrected chi connectivity index (χ2v) is 37.8. The van der Waals surface area contributed by atoms with E-state index < -0.39 is 37.0 Å². The topological polar surface area (TPSA) is 0 Å². The number of hydrogen-bond donors (Lipinski definition) is 0.